The highest BCUT2D eigenvalue weighted by atomic mass is 35.5. The fourth-order valence-corrected chi connectivity index (χ4v) is 1.87. The SMILES string of the molecule is COc1ccc(CNc2ncnc(Cl)c2C(N)=O)cc1. The molecule has 2 rings (SSSR count). The first-order valence-corrected chi connectivity index (χ1v) is 6.16. The van der Waals surface area contributed by atoms with Gasteiger partial charge in [0.25, 0.3) is 5.91 Å². The molecule has 0 radical (unpaired) electrons. The number of nitrogens with two attached hydrogens (primary N) is 1. The Morgan fingerprint density at radius 2 is 2.05 bits per heavy atom. The molecule has 0 aliphatic heterocycles. The minimum Gasteiger partial charge on any atom is -0.497 e. The van der Waals surface area contributed by atoms with Crippen LogP contribution in [0.1, 0.15) is 15.9 Å². The monoisotopic (exact) mass is 292 g/mol. The Hall–Kier alpha value is -2.34. The zero-order chi connectivity index (χ0) is 14.5. The average Bonchev–Trinajstić information content (AvgIpc) is 2.45. The van der Waals surface area contributed by atoms with Crippen LogP contribution < -0.4 is 15.8 Å². The normalized spacial score (nSPS) is 10.1. The van der Waals surface area contributed by atoms with Gasteiger partial charge in [0.2, 0.25) is 0 Å². The van der Waals surface area contributed by atoms with Crippen LogP contribution in [-0.4, -0.2) is 23.0 Å². The smallest absolute Gasteiger partial charge is 0.255 e. The van der Waals surface area contributed by atoms with Crippen LogP contribution in [0.4, 0.5) is 5.82 Å². The zero-order valence-electron chi connectivity index (χ0n) is 10.8. The number of benzene rings is 1. The van der Waals surface area contributed by atoms with Crippen LogP contribution in [0.5, 0.6) is 5.75 Å². The van der Waals surface area contributed by atoms with Crippen LogP contribution in [0, 0.1) is 0 Å². The van der Waals surface area contributed by atoms with Gasteiger partial charge >= 0.3 is 0 Å². The highest BCUT2D eigenvalue weighted by Crippen LogP contribution is 2.20. The van der Waals surface area contributed by atoms with Gasteiger partial charge < -0.3 is 15.8 Å². The Morgan fingerprint density at radius 1 is 1.35 bits per heavy atom. The van der Waals surface area contributed by atoms with Crippen molar-refractivity contribution in [1.82, 2.24) is 9.97 Å². The van der Waals surface area contributed by atoms with E-state index in [1.54, 1.807) is 7.11 Å². The topological polar surface area (TPSA) is 90.1 Å². The number of hydrogen-bond donors (Lipinski definition) is 2. The number of hydrogen-bond acceptors (Lipinski definition) is 5. The summed E-state index contributed by atoms with van der Waals surface area (Å²) >= 11 is 5.84. The summed E-state index contributed by atoms with van der Waals surface area (Å²) in [5, 5.41) is 3.04. The van der Waals surface area contributed by atoms with Crippen molar-refractivity contribution in [2.45, 2.75) is 6.54 Å². The molecule has 2 aromatic rings. The number of nitrogens with one attached hydrogen (secondary N) is 1. The van der Waals surface area contributed by atoms with Crippen molar-refractivity contribution in [3.05, 3.63) is 46.9 Å². The molecule has 0 bridgehead atoms. The first-order chi connectivity index (χ1) is 9.61. The quantitative estimate of drug-likeness (QED) is 0.821. The fourth-order valence-electron chi connectivity index (χ4n) is 1.65. The molecule has 104 valence electrons. The predicted octanol–water partition coefficient (Wildman–Crippen LogP) is 1.85. The molecule has 0 saturated heterocycles. The van der Waals surface area contributed by atoms with E-state index in [0.29, 0.717) is 12.4 Å². The second-order valence-electron chi connectivity index (χ2n) is 3.95. The summed E-state index contributed by atoms with van der Waals surface area (Å²) in [7, 11) is 1.61. The summed E-state index contributed by atoms with van der Waals surface area (Å²) in [5.74, 6) is 0.415. The molecule has 7 heteroatoms. The van der Waals surface area contributed by atoms with Crippen molar-refractivity contribution in [1.29, 1.82) is 0 Å². The van der Waals surface area contributed by atoms with Crippen LogP contribution in [0.2, 0.25) is 5.15 Å². The fraction of sp³-hybridized carbons (Fsp3) is 0.154. The number of amides is 1. The molecule has 1 aromatic carbocycles. The lowest BCUT2D eigenvalue weighted by molar-refractivity contribution is 0.100. The molecule has 0 aliphatic carbocycles. The van der Waals surface area contributed by atoms with Crippen molar-refractivity contribution < 1.29 is 9.53 Å². The summed E-state index contributed by atoms with van der Waals surface area (Å²) in [6, 6.07) is 7.50. The first-order valence-electron chi connectivity index (χ1n) is 5.79. The van der Waals surface area contributed by atoms with Gasteiger partial charge in [-0.1, -0.05) is 23.7 Å². The number of halogens is 1. The average molecular weight is 293 g/mol. The lowest BCUT2D eigenvalue weighted by Gasteiger charge is -2.10. The van der Waals surface area contributed by atoms with Gasteiger partial charge in [0.05, 0.1) is 7.11 Å². The molecule has 1 aromatic heterocycles. The Morgan fingerprint density at radius 3 is 2.65 bits per heavy atom. The third-order valence-electron chi connectivity index (χ3n) is 2.67. The third kappa shape index (κ3) is 3.16. The van der Waals surface area contributed by atoms with Gasteiger partial charge in [0, 0.05) is 6.54 Å². The Bertz CT molecular complexity index is 616. The first kappa shape index (κ1) is 14.1. The molecule has 20 heavy (non-hydrogen) atoms. The lowest BCUT2D eigenvalue weighted by atomic mass is 10.2. The molecule has 0 saturated carbocycles. The molecule has 0 fully saturated rings. The van der Waals surface area contributed by atoms with Gasteiger partial charge in [-0.2, -0.15) is 0 Å². The summed E-state index contributed by atoms with van der Waals surface area (Å²) < 4.78 is 5.08. The van der Waals surface area contributed by atoms with E-state index in [9.17, 15) is 4.79 Å². The standard InChI is InChI=1S/C13H13ClN4O2/c1-20-9-4-2-8(3-5-9)6-16-13-10(12(15)19)11(14)17-7-18-13/h2-5,7H,6H2,1H3,(H2,15,19)(H,16,17,18). The molecule has 0 unspecified atom stereocenters. The van der Waals surface area contributed by atoms with E-state index in [1.165, 1.54) is 6.33 Å². The number of primary amides is 1. The van der Waals surface area contributed by atoms with E-state index in [0.717, 1.165) is 11.3 Å². The summed E-state index contributed by atoms with van der Waals surface area (Å²) in [5.41, 5.74) is 6.34. The van der Waals surface area contributed by atoms with E-state index >= 15 is 0 Å². The molecule has 0 aliphatic rings. The van der Waals surface area contributed by atoms with Gasteiger partial charge in [-0.15, -0.1) is 0 Å². The van der Waals surface area contributed by atoms with Crippen molar-refractivity contribution in [3.63, 3.8) is 0 Å². The van der Waals surface area contributed by atoms with E-state index in [2.05, 4.69) is 15.3 Å². The third-order valence-corrected chi connectivity index (χ3v) is 2.95. The largest absolute Gasteiger partial charge is 0.497 e. The molecular formula is C13H13ClN4O2. The summed E-state index contributed by atoms with van der Waals surface area (Å²) in [4.78, 5) is 19.1. The number of anilines is 1. The minimum atomic E-state index is -0.673. The van der Waals surface area contributed by atoms with Gasteiger partial charge in [0.1, 0.15) is 28.6 Å². The van der Waals surface area contributed by atoms with Gasteiger partial charge in [-0.05, 0) is 17.7 Å². The second-order valence-corrected chi connectivity index (χ2v) is 4.31. The second kappa shape index (κ2) is 6.21. The molecular weight excluding hydrogens is 280 g/mol. The Balaban J connectivity index is 2.14. The van der Waals surface area contributed by atoms with E-state index in [1.807, 2.05) is 24.3 Å². The van der Waals surface area contributed by atoms with E-state index in [4.69, 9.17) is 22.1 Å². The number of methoxy groups -OCH3 is 1. The number of carbonyl (C=O) groups is 1. The Labute approximate surface area is 120 Å². The number of rotatable bonds is 5. The van der Waals surface area contributed by atoms with Crippen LogP contribution >= 0.6 is 11.6 Å². The van der Waals surface area contributed by atoms with Crippen molar-refractivity contribution in [3.8, 4) is 5.75 Å². The van der Waals surface area contributed by atoms with Crippen molar-refractivity contribution in [2.75, 3.05) is 12.4 Å². The molecule has 0 spiro atoms. The summed E-state index contributed by atoms with van der Waals surface area (Å²) in [6.45, 7) is 0.470. The Kier molecular flexibility index (Phi) is 4.37. The number of carbonyl (C=O) groups excluding carboxylic acids is 1. The lowest BCUT2D eigenvalue weighted by Crippen LogP contribution is -2.17. The van der Waals surface area contributed by atoms with Crippen LogP contribution in [-0.2, 0) is 6.54 Å². The maximum absolute atomic E-state index is 11.3. The predicted molar refractivity (Wildman–Crippen MR) is 75.9 cm³/mol. The molecule has 0 atom stereocenters. The maximum Gasteiger partial charge on any atom is 0.255 e. The van der Waals surface area contributed by atoms with Crippen LogP contribution in [0.25, 0.3) is 0 Å². The molecule has 3 N–H and O–H groups in total. The number of aromatic nitrogens is 2. The van der Waals surface area contributed by atoms with E-state index in [-0.39, 0.29) is 10.7 Å². The highest BCUT2D eigenvalue weighted by Gasteiger charge is 2.14. The number of ether oxygens (including phenoxy) is 1. The van der Waals surface area contributed by atoms with Crippen molar-refractivity contribution in [2.24, 2.45) is 5.73 Å². The maximum atomic E-state index is 11.3. The van der Waals surface area contributed by atoms with Crippen LogP contribution in [0.15, 0.2) is 30.6 Å². The highest BCUT2D eigenvalue weighted by molar-refractivity contribution is 6.33. The molecule has 6 nitrogen and oxygen atoms in total. The summed E-state index contributed by atoms with van der Waals surface area (Å²) in [6.07, 6.45) is 1.27. The van der Waals surface area contributed by atoms with Crippen molar-refractivity contribution >= 4 is 23.3 Å². The van der Waals surface area contributed by atoms with Crippen LogP contribution in [0.3, 0.4) is 0 Å². The van der Waals surface area contributed by atoms with Gasteiger partial charge in [-0.3, -0.25) is 4.79 Å². The minimum absolute atomic E-state index is 0.0322. The molecule has 1 amide bonds. The van der Waals surface area contributed by atoms with Gasteiger partial charge in [0.15, 0.2) is 0 Å². The molecule has 1 heterocycles. The van der Waals surface area contributed by atoms with E-state index < -0.39 is 5.91 Å². The zero-order valence-corrected chi connectivity index (χ0v) is 11.5. The number of nitrogens with zero attached hydrogens (tertiary/aromatic N) is 2. The van der Waals surface area contributed by atoms with Gasteiger partial charge in [-0.25, -0.2) is 9.97 Å².